The summed E-state index contributed by atoms with van der Waals surface area (Å²) in [6, 6.07) is 16.9. The van der Waals surface area contributed by atoms with Crippen LogP contribution in [0.4, 0.5) is 4.39 Å². The summed E-state index contributed by atoms with van der Waals surface area (Å²) in [6.07, 6.45) is 0. The Bertz CT molecular complexity index is 842. The third kappa shape index (κ3) is 3.79. The minimum atomic E-state index is -0.128. The summed E-state index contributed by atoms with van der Waals surface area (Å²) in [5.41, 5.74) is 1.72. The molecule has 134 valence electrons. The molecule has 0 atom stereocenters. The van der Waals surface area contributed by atoms with Crippen molar-refractivity contribution in [3.05, 3.63) is 71.8 Å². The molecule has 0 unspecified atom stereocenters. The van der Waals surface area contributed by atoms with Crippen molar-refractivity contribution in [3.63, 3.8) is 0 Å². The molecule has 6 nitrogen and oxygen atoms in total. The predicted molar refractivity (Wildman–Crippen MR) is 96.1 cm³/mol. The molecule has 0 spiro atoms. The maximum Gasteiger partial charge on any atom is 0.170 e. The highest BCUT2D eigenvalue weighted by Crippen LogP contribution is 2.14. The van der Waals surface area contributed by atoms with E-state index in [2.05, 4.69) is 25.3 Å². The molecular weight excluding hydrogens is 331 g/mol. The number of benzene rings is 2. The van der Waals surface area contributed by atoms with Crippen LogP contribution in [0.3, 0.4) is 0 Å². The number of hydrogen-bond donors (Lipinski definition) is 0. The van der Waals surface area contributed by atoms with Crippen LogP contribution in [0.1, 0.15) is 11.4 Å². The van der Waals surface area contributed by atoms with Crippen molar-refractivity contribution in [1.82, 2.24) is 30.0 Å². The van der Waals surface area contributed by atoms with E-state index in [-0.39, 0.29) is 5.82 Å². The molecule has 0 N–H and O–H groups in total. The van der Waals surface area contributed by atoms with Crippen LogP contribution in [0, 0.1) is 5.82 Å². The van der Waals surface area contributed by atoms with Gasteiger partial charge in [-0.1, -0.05) is 36.4 Å². The Kier molecular flexibility index (Phi) is 4.99. The Hall–Kier alpha value is -2.64. The summed E-state index contributed by atoms with van der Waals surface area (Å²) in [6.45, 7) is 4.99. The van der Waals surface area contributed by atoms with Gasteiger partial charge in [-0.15, -0.1) is 5.10 Å². The second-order valence-corrected chi connectivity index (χ2v) is 6.49. The van der Waals surface area contributed by atoms with Crippen molar-refractivity contribution in [2.45, 2.75) is 13.1 Å². The molecule has 1 aromatic heterocycles. The van der Waals surface area contributed by atoms with Crippen molar-refractivity contribution in [1.29, 1.82) is 0 Å². The number of rotatable bonds is 5. The Morgan fingerprint density at radius 3 is 2.19 bits per heavy atom. The fourth-order valence-electron chi connectivity index (χ4n) is 3.25. The van der Waals surface area contributed by atoms with Crippen LogP contribution in [0.5, 0.6) is 0 Å². The van der Waals surface area contributed by atoms with Crippen LogP contribution in [-0.4, -0.2) is 56.2 Å². The highest BCUT2D eigenvalue weighted by molar-refractivity contribution is 5.30. The highest BCUT2D eigenvalue weighted by atomic mass is 19.1. The number of tetrazole rings is 1. The van der Waals surface area contributed by atoms with Crippen molar-refractivity contribution in [2.75, 3.05) is 26.2 Å². The summed E-state index contributed by atoms with van der Waals surface area (Å²) in [7, 11) is 0. The van der Waals surface area contributed by atoms with Gasteiger partial charge in [-0.2, -0.15) is 4.68 Å². The minimum Gasteiger partial charge on any atom is -0.296 e. The normalized spacial score (nSPS) is 16.0. The van der Waals surface area contributed by atoms with Gasteiger partial charge in [0.05, 0.1) is 12.2 Å². The van der Waals surface area contributed by atoms with E-state index in [0.29, 0.717) is 13.1 Å². The minimum absolute atomic E-state index is 0.128. The van der Waals surface area contributed by atoms with E-state index in [0.717, 1.165) is 43.3 Å². The van der Waals surface area contributed by atoms with Gasteiger partial charge in [0.15, 0.2) is 5.82 Å². The molecule has 1 aliphatic heterocycles. The predicted octanol–water partition coefficient (Wildman–Crippen LogP) is 2.12. The van der Waals surface area contributed by atoms with Crippen LogP contribution in [0.25, 0.3) is 5.69 Å². The van der Waals surface area contributed by atoms with Gasteiger partial charge >= 0.3 is 0 Å². The zero-order valence-corrected chi connectivity index (χ0v) is 14.5. The van der Waals surface area contributed by atoms with Crippen molar-refractivity contribution in [2.24, 2.45) is 0 Å². The van der Waals surface area contributed by atoms with Crippen molar-refractivity contribution < 1.29 is 4.39 Å². The van der Waals surface area contributed by atoms with Gasteiger partial charge in [-0.05, 0) is 28.6 Å². The van der Waals surface area contributed by atoms with Crippen molar-refractivity contribution in [3.8, 4) is 5.69 Å². The number of halogens is 1. The average molecular weight is 352 g/mol. The maximum absolute atomic E-state index is 13.8. The van der Waals surface area contributed by atoms with Crippen LogP contribution in [-0.2, 0) is 13.1 Å². The number of aromatic nitrogens is 4. The Balaban J connectivity index is 1.35. The lowest BCUT2D eigenvalue weighted by atomic mass is 10.2. The lowest BCUT2D eigenvalue weighted by Gasteiger charge is -2.34. The fraction of sp³-hybridized carbons (Fsp3) is 0.316. The summed E-state index contributed by atoms with van der Waals surface area (Å²) in [4.78, 5) is 4.62. The zero-order chi connectivity index (χ0) is 17.8. The van der Waals surface area contributed by atoms with Gasteiger partial charge < -0.3 is 0 Å². The molecule has 4 rings (SSSR count). The maximum atomic E-state index is 13.8. The summed E-state index contributed by atoms with van der Waals surface area (Å²) in [5, 5.41) is 12.1. The topological polar surface area (TPSA) is 50.1 Å². The summed E-state index contributed by atoms with van der Waals surface area (Å²) in [5.74, 6) is 0.704. The molecular formula is C19H21FN6. The first-order valence-corrected chi connectivity index (χ1v) is 8.80. The first-order chi connectivity index (χ1) is 12.8. The van der Waals surface area contributed by atoms with E-state index in [9.17, 15) is 4.39 Å². The van der Waals surface area contributed by atoms with Gasteiger partial charge in [-0.3, -0.25) is 9.80 Å². The largest absolute Gasteiger partial charge is 0.296 e. The first-order valence-electron chi connectivity index (χ1n) is 8.80. The molecule has 0 aliphatic carbocycles. The standard InChI is InChI=1S/C19H21FN6/c20-18-9-5-4-6-16(18)14-24-10-12-25(13-11-24)15-19-21-22-23-26(19)17-7-2-1-3-8-17/h1-9H,10-15H2. The molecule has 7 heteroatoms. The molecule has 0 saturated carbocycles. The van der Waals surface area contributed by atoms with Gasteiger partial charge in [-0.25, -0.2) is 4.39 Å². The van der Waals surface area contributed by atoms with Crippen LogP contribution >= 0.6 is 0 Å². The quantitative estimate of drug-likeness (QED) is 0.704. The van der Waals surface area contributed by atoms with Crippen molar-refractivity contribution >= 4 is 0 Å². The summed E-state index contributed by atoms with van der Waals surface area (Å²) >= 11 is 0. The molecule has 1 fully saturated rings. The number of piperazine rings is 1. The monoisotopic (exact) mass is 352 g/mol. The molecule has 2 heterocycles. The lowest BCUT2D eigenvalue weighted by Crippen LogP contribution is -2.45. The molecule has 26 heavy (non-hydrogen) atoms. The van der Waals surface area contributed by atoms with Gasteiger partial charge in [0.1, 0.15) is 5.82 Å². The van der Waals surface area contributed by atoms with Gasteiger partial charge in [0, 0.05) is 38.3 Å². The molecule has 1 aliphatic rings. The van der Waals surface area contributed by atoms with Crippen LogP contribution in [0.2, 0.25) is 0 Å². The molecule has 2 aromatic carbocycles. The summed E-state index contributed by atoms with van der Waals surface area (Å²) < 4.78 is 15.6. The van der Waals surface area contributed by atoms with E-state index < -0.39 is 0 Å². The molecule has 0 bridgehead atoms. The highest BCUT2D eigenvalue weighted by Gasteiger charge is 2.20. The third-order valence-corrected chi connectivity index (χ3v) is 4.72. The van der Waals surface area contributed by atoms with Crippen LogP contribution in [0.15, 0.2) is 54.6 Å². The molecule has 1 saturated heterocycles. The molecule has 0 radical (unpaired) electrons. The smallest absolute Gasteiger partial charge is 0.170 e. The lowest BCUT2D eigenvalue weighted by molar-refractivity contribution is 0.118. The van der Waals surface area contributed by atoms with E-state index in [1.807, 2.05) is 42.5 Å². The van der Waals surface area contributed by atoms with E-state index in [1.165, 1.54) is 6.07 Å². The van der Waals surface area contributed by atoms with E-state index >= 15 is 0 Å². The van der Waals surface area contributed by atoms with Crippen LogP contribution < -0.4 is 0 Å². The molecule has 0 amide bonds. The molecule has 3 aromatic rings. The van der Waals surface area contributed by atoms with E-state index in [4.69, 9.17) is 0 Å². The Morgan fingerprint density at radius 1 is 0.808 bits per heavy atom. The second kappa shape index (κ2) is 7.72. The first kappa shape index (κ1) is 16.8. The van der Waals surface area contributed by atoms with E-state index in [1.54, 1.807) is 10.7 Å². The van der Waals surface area contributed by atoms with Gasteiger partial charge in [0.25, 0.3) is 0 Å². The number of nitrogens with zero attached hydrogens (tertiary/aromatic N) is 6. The Labute approximate surface area is 151 Å². The fourth-order valence-corrected chi connectivity index (χ4v) is 3.25. The third-order valence-electron chi connectivity index (χ3n) is 4.72. The van der Waals surface area contributed by atoms with Gasteiger partial charge in [0.2, 0.25) is 0 Å². The average Bonchev–Trinajstić information content (AvgIpc) is 3.14. The number of hydrogen-bond acceptors (Lipinski definition) is 5. The Morgan fingerprint density at radius 2 is 1.46 bits per heavy atom. The second-order valence-electron chi connectivity index (χ2n) is 6.49. The zero-order valence-electron chi connectivity index (χ0n) is 14.5. The number of para-hydroxylation sites is 1. The SMILES string of the molecule is Fc1ccccc1CN1CCN(Cc2nnnn2-c2ccccc2)CC1.